The molecule has 3 rings (SSSR count). The second kappa shape index (κ2) is 5.76. The van der Waals surface area contributed by atoms with Gasteiger partial charge in [0, 0.05) is 27.7 Å². The predicted octanol–water partition coefficient (Wildman–Crippen LogP) is 5.37. The molecule has 0 fully saturated rings. The Bertz CT molecular complexity index is 849. The molecule has 21 heavy (non-hydrogen) atoms. The van der Waals surface area contributed by atoms with Crippen LogP contribution >= 0.6 is 23.2 Å². The van der Waals surface area contributed by atoms with Crippen LogP contribution in [0.5, 0.6) is 0 Å². The molecule has 0 aliphatic carbocycles. The number of H-pyrrole nitrogens is 1. The van der Waals surface area contributed by atoms with Gasteiger partial charge in [-0.15, -0.1) is 0 Å². The normalized spacial score (nSPS) is 11.3. The lowest BCUT2D eigenvalue weighted by molar-refractivity contribution is 0.104. The Morgan fingerprint density at radius 1 is 1.10 bits per heavy atom. The van der Waals surface area contributed by atoms with Gasteiger partial charge >= 0.3 is 0 Å². The number of hydrogen-bond acceptors (Lipinski definition) is 1. The van der Waals surface area contributed by atoms with Crippen LogP contribution in [0.25, 0.3) is 17.0 Å². The van der Waals surface area contributed by atoms with E-state index < -0.39 is 0 Å². The summed E-state index contributed by atoms with van der Waals surface area (Å²) in [5, 5.41) is 1.95. The van der Waals surface area contributed by atoms with Gasteiger partial charge in [0.15, 0.2) is 5.78 Å². The highest BCUT2D eigenvalue weighted by atomic mass is 35.5. The Morgan fingerprint density at radius 2 is 1.90 bits per heavy atom. The van der Waals surface area contributed by atoms with Crippen molar-refractivity contribution in [1.29, 1.82) is 0 Å². The first-order chi connectivity index (χ1) is 10.1. The van der Waals surface area contributed by atoms with Crippen LogP contribution in [0.2, 0.25) is 10.0 Å². The third kappa shape index (κ3) is 2.87. The van der Waals surface area contributed by atoms with Crippen LogP contribution in [0, 0.1) is 0 Å². The number of para-hydroxylation sites is 1. The number of aromatic nitrogens is 1. The van der Waals surface area contributed by atoms with Crippen molar-refractivity contribution in [1.82, 2.24) is 4.98 Å². The molecule has 104 valence electrons. The van der Waals surface area contributed by atoms with Gasteiger partial charge in [-0.3, -0.25) is 4.79 Å². The lowest BCUT2D eigenvalue weighted by atomic mass is 10.1. The summed E-state index contributed by atoms with van der Waals surface area (Å²) in [6, 6.07) is 12.8. The van der Waals surface area contributed by atoms with E-state index in [-0.39, 0.29) is 5.78 Å². The van der Waals surface area contributed by atoms with Gasteiger partial charge in [-0.25, -0.2) is 0 Å². The number of aromatic amines is 1. The first-order valence-corrected chi connectivity index (χ1v) is 7.14. The van der Waals surface area contributed by atoms with Crippen LogP contribution in [-0.4, -0.2) is 10.8 Å². The molecule has 0 spiro atoms. The fourth-order valence-electron chi connectivity index (χ4n) is 2.17. The van der Waals surface area contributed by atoms with Crippen molar-refractivity contribution in [2.45, 2.75) is 0 Å². The Hall–Kier alpha value is -2.03. The number of ketones is 1. The summed E-state index contributed by atoms with van der Waals surface area (Å²) in [7, 11) is 0. The molecule has 1 N–H and O–H groups in total. The second-order valence-corrected chi connectivity index (χ2v) is 5.45. The molecule has 0 radical (unpaired) electrons. The number of halogens is 2. The van der Waals surface area contributed by atoms with Crippen molar-refractivity contribution < 1.29 is 4.79 Å². The fourth-order valence-corrected chi connectivity index (χ4v) is 2.56. The van der Waals surface area contributed by atoms with Crippen LogP contribution in [0.1, 0.15) is 15.9 Å². The second-order valence-electron chi connectivity index (χ2n) is 4.61. The van der Waals surface area contributed by atoms with Gasteiger partial charge in [0.2, 0.25) is 0 Å². The summed E-state index contributed by atoms with van der Waals surface area (Å²) in [5.74, 6) is -0.173. The van der Waals surface area contributed by atoms with Crippen molar-refractivity contribution in [2.75, 3.05) is 0 Å². The van der Waals surface area contributed by atoms with Crippen LogP contribution in [0.4, 0.5) is 0 Å². The average molecular weight is 316 g/mol. The van der Waals surface area contributed by atoms with Gasteiger partial charge < -0.3 is 4.98 Å². The number of hydrogen-bond donors (Lipinski definition) is 1. The average Bonchev–Trinajstić information content (AvgIpc) is 2.90. The third-order valence-electron chi connectivity index (χ3n) is 3.23. The van der Waals surface area contributed by atoms with Gasteiger partial charge in [-0.1, -0.05) is 41.4 Å². The maximum absolute atomic E-state index is 12.2. The highest BCUT2D eigenvalue weighted by Crippen LogP contribution is 2.23. The fraction of sp³-hybridized carbons (Fsp3) is 0. The molecule has 0 atom stereocenters. The molecule has 1 heterocycles. The first-order valence-electron chi connectivity index (χ1n) is 6.39. The van der Waals surface area contributed by atoms with Crippen LogP contribution in [0.15, 0.2) is 54.7 Å². The lowest BCUT2D eigenvalue weighted by Crippen LogP contribution is -1.95. The van der Waals surface area contributed by atoms with Crippen LogP contribution in [0.3, 0.4) is 0 Å². The van der Waals surface area contributed by atoms with Gasteiger partial charge in [0.05, 0.1) is 5.02 Å². The summed E-state index contributed by atoms with van der Waals surface area (Å²) in [5.41, 5.74) is 2.39. The Balaban J connectivity index is 1.92. The number of fused-ring (bicyclic) bond motifs is 1. The minimum Gasteiger partial charge on any atom is -0.361 e. The van der Waals surface area contributed by atoms with Gasteiger partial charge in [-0.2, -0.15) is 0 Å². The quantitative estimate of drug-likeness (QED) is 0.511. The lowest BCUT2D eigenvalue weighted by Gasteiger charge is -2.00. The van der Waals surface area contributed by atoms with E-state index >= 15 is 0 Å². The van der Waals surface area contributed by atoms with Crippen molar-refractivity contribution in [2.24, 2.45) is 0 Å². The third-order valence-corrected chi connectivity index (χ3v) is 3.79. The molecular weight excluding hydrogens is 305 g/mol. The molecule has 0 aliphatic rings. The smallest absolute Gasteiger partial charge is 0.187 e. The molecule has 0 saturated heterocycles. The molecule has 3 aromatic rings. The van der Waals surface area contributed by atoms with E-state index in [4.69, 9.17) is 23.2 Å². The summed E-state index contributed by atoms with van der Waals surface area (Å²) in [6.45, 7) is 0. The number of allylic oxidation sites excluding steroid dienone is 1. The first kappa shape index (κ1) is 13.9. The van der Waals surface area contributed by atoms with E-state index in [0.717, 1.165) is 16.5 Å². The van der Waals surface area contributed by atoms with E-state index in [1.807, 2.05) is 30.5 Å². The van der Waals surface area contributed by atoms with Crippen LogP contribution < -0.4 is 0 Å². The number of benzene rings is 2. The van der Waals surface area contributed by atoms with E-state index in [1.54, 1.807) is 24.3 Å². The number of nitrogens with one attached hydrogen (secondary N) is 1. The van der Waals surface area contributed by atoms with Crippen molar-refractivity contribution >= 4 is 46.0 Å². The highest BCUT2D eigenvalue weighted by molar-refractivity contribution is 6.36. The van der Waals surface area contributed by atoms with Gasteiger partial charge in [-0.05, 0) is 42.0 Å². The molecule has 1 aromatic heterocycles. The topological polar surface area (TPSA) is 32.9 Å². The number of rotatable bonds is 3. The van der Waals surface area contributed by atoms with Crippen molar-refractivity contribution in [3.63, 3.8) is 0 Å². The highest BCUT2D eigenvalue weighted by Gasteiger charge is 2.08. The standard InChI is InChI=1S/C17H11Cl2NO/c18-12-6-7-15(19)14(9-12)17(21)8-5-11-10-20-16-4-2-1-3-13(11)16/h1-10,20H/b8-5+. The van der Waals surface area contributed by atoms with E-state index in [1.165, 1.54) is 6.08 Å². The molecule has 0 saturated carbocycles. The maximum Gasteiger partial charge on any atom is 0.187 e. The number of carbonyl (C=O) groups is 1. The Labute approximate surface area is 132 Å². The van der Waals surface area contributed by atoms with Gasteiger partial charge in [0.1, 0.15) is 0 Å². The SMILES string of the molecule is O=C(/C=C/c1c[nH]c2ccccc12)c1cc(Cl)ccc1Cl. The van der Waals surface area contributed by atoms with E-state index in [9.17, 15) is 4.79 Å². The Kier molecular flexibility index (Phi) is 3.82. The molecule has 0 unspecified atom stereocenters. The summed E-state index contributed by atoms with van der Waals surface area (Å²) < 4.78 is 0. The molecule has 4 heteroatoms. The Morgan fingerprint density at radius 3 is 2.76 bits per heavy atom. The number of carbonyl (C=O) groups excluding carboxylic acids is 1. The van der Waals surface area contributed by atoms with Gasteiger partial charge in [0.25, 0.3) is 0 Å². The molecule has 0 aliphatic heterocycles. The zero-order valence-electron chi connectivity index (χ0n) is 10.9. The minimum atomic E-state index is -0.173. The zero-order valence-corrected chi connectivity index (χ0v) is 12.4. The molecule has 2 aromatic carbocycles. The molecule has 0 amide bonds. The molecular formula is C17H11Cl2NO. The van der Waals surface area contributed by atoms with E-state index in [0.29, 0.717) is 15.6 Å². The summed E-state index contributed by atoms with van der Waals surface area (Å²) >= 11 is 11.9. The molecule has 0 bridgehead atoms. The van der Waals surface area contributed by atoms with Crippen molar-refractivity contribution in [3.05, 3.63) is 75.9 Å². The largest absolute Gasteiger partial charge is 0.361 e. The maximum atomic E-state index is 12.2. The summed E-state index contributed by atoms with van der Waals surface area (Å²) in [4.78, 5) is 15.4. The predicted molar refractivity (Wildman–Crippen MR) is 88.1 cm³/mol. The van der Waals surface area contributed by atoms with Crippen molar-refractivity contribution in [3.8, 4) is 0 Å². The zero-order chi connectivity index (χ0) is 14.8. The molecule has 2 nitrogen and oxygen atoms in total. The summed E-state index contributed by atoms with van der Waals surface area (Å²) in [6.07, 6.45) is 5.15. The monoisotopic (exact) mass is 315 g/mol. The van der Waals surface area contributed by atoms with E-state index in [2.05, 4.69) is 4.98 Å². The van der Waals surface area contributed by atoms with Crippen LogP contribution in [-0.2, 0) is 0 Å². The minimum absolute atomic E-state index is 0.173.